The Labute approximate surface area is 80.9 Å². The molecule has 2 heterocycles. The molecule has 2 saturated heterocycles. The Bertz CT molecular complexity index is 158. The van der Waals surface area contributed by atoms with Gasteiger partial charge in [-0.1, -0.05) is 0 Å². The molecule has 0 aromatic carbocycles. The van der Waals surface area contributed by atoms with E-state index in [-0.39, 0.29) is 0 Å². The SMILES string of the molecule is CC(N)CN1CC(N2CCCC2)C1. The summed E-state index contributed by atoms with van der Waals surface area (Å²) in [6.45, 7) is 8.32. The minimum Gasteiger partial charge on any atom is -0.327 e. The van der Waals surface area contributed by atoms with Crippen molar-refractivity contribution in [3.63, 3.8) is 0 Å². The van der Waals surface area contributed by atoms with Gasteiger partial charge in [0.25, 0.3) is 0 Å². The zero-order valence-electron chi connectivity index (χ0n) is 8.58. The topological polar surface area (TPSA) is 32.5 Å². The van der Waals surface area contributed by atoms with Gasteiger partial charge in [-0.25, -0.2) is 0 Å². The molecule has 0 bridgehead atoms. The molecule has 0 spiro atoms. The fourth-order valence-electron chi connectivity index (χ4n) is 2.44. The summed E-state index contributed by atoms with van der Waals surface area (Å²) in [7, 11) is 0. The van der Waals surface area contributed by atoms with Gasteiger partial charge in [-0.05, 0) is 32.9 Å². The molecule has 3 heteroatoms. The maximum atomic E-state index is 5.75. The fourth-order valence-corrected chi connectivity index (χ4v) is 2.44. The van der Waals surface area contributed by atoms with Crippen LogP contribution in [0, 0.1) is 0 Å². The highest BCUT2D eigenvalue weighted by molar-refractivity contribution is 4.90. The molecule has 2 aliphatic heterocycles. The van der Waals surface area contributed by atoms with Gasteiger partial charge in [0.15, 0.2) is 0 Å². The molecule has 3 nitrogen and oxygen atoms in total. The maximum absolute atomic E-state index is 5.75. The van der Waals surface area contributed by atoms with Gasteiger partial charge in [0, 0.05) is 31.7 Å². The standard InChI is InChI=1S/C10H21N3/c1-9(11)6-12-7-10(8-12)13-4-2-3-5-13/h9-10H,2-8,11H2,1H3. The van der Waals surface area contributed by atoms with Crippen LogP contribution in [0.1, 0.15) is 19.8 Å². The Morgan fingerprint density at radius 2 is 1.92 bits per heavy atom. The van der Waals surface area contributed by atoms with E-state index in [1.54, 1.807) is 0 Å². The summed E-state index contributed by atoms with van der Waals surface area (Å²) < 4.78 is 0. The van der Waals surface area contributed by atoms with Gasteiger partial charge in [-0.3, -0.25) is 9.80 Å². The molecule has 76 valence electrons. The molecule has 1 unspecified atom stereocenters. The highest BCUT2D eigenvalue weighted by Crippen LogP contribution is 2.19. The van der Waals surface area contributed by atoms with Gasteiger partial charge < -0.3 is 5.73 Å². The minimum absolute atomic E-state index is 0.333. The first-order chi connectivity index (χ1) is 6.25. The van der Waals surface area contributed by atoms with Crippen LogP contribution in [-0.4, -0.2) is 54.6 Å². The second-order valence-corrected chi connectivity index (χ2v) is 4.59. The molecule has 2 fully saturated rings. The Hall–Kier alpha value is -0.120. The predicted octanol–water partition coefficient (Wildman–Crippen LogP) is 0.114. The third kappa shape index (κ3) is 2.22. The number of rotatable bonds is 3. The first-order valence-corrected chi connectivity index (χ1v) is 5.47. The zero-order valence-corrected chi connectivity index (χ0v) is 8.58. The average molecular weight is 183 g/mol. The molecular weight excluding hydrogens is 162 g/mol. The number of hydrogen-bond donors (Lipinski definition) is 1. The van der Waals surface area contributed by atoms with Crippen molar-refractivity contribution in [3.05, 3.63) is 0 Å². The van der Waals surface area contributed by atoms with Crippen molar-refractivity contribution >= 4 is 0 Å². The first kappa shape index (κ1) is 9.44. The van der Waals surface area contributed by atoms with E-state index >= 15 is 0 Å². The molecule has 2 N–H and O–H groups in total. The van der Waals surface area contributed by atoms with Gasteiger partial charge in [-0.2, -0.15) is 0 Å². The normalized spacial score (nSPS) is 29.1. The van der Waals surface area contributed by atoms with E-state index in [4.69, 9.17) is 5.73 Å². The Balaban J connectivity index is 1.66. The van der Waals surface area contributed by atoms with Crippen LogP contribution in [0.15, 0.2) is 0 Å². The van der Waals surface area contributed by atoms with Crippen molar-refractivity contribution in [1.82, 2.24) is 9.80 Å². The largest absolute Gasteiger partial charge is 0.327 e. The number of likely N-dealkylation sites (tertiary alicyclic amines) is 2. The lowest BCUT2D eigenvalue weighted by Crippen LogP contribution is -2.60. The molecule has 0 aromatic heterocycles. The molecule has 0 aliphatic carbocycles. The summed E-state index contributed by atoms with van der Waals surface area (Å²) in [4.78, 5) is 5.10. The molecule has 2 rings (SSSR count). The van der Waals surface area contributed by atoms with Gasteiger partial charge in [0.2, 0.25) is 0 Å². The van der Waals surface area contributed by atoms with Crippen molar-refractivity contribution < 1.29 is 0 Å². The van der Waals surface area contributed by atoms with Crippen molar-refractivity contribution in [3.8, 4) is 0 Å². The molecule has 0 amide bonds. The van der Waals surface area contributed by atoms with Crippen molar-refractivity contribution in [2.45, 2.75) is 31.8 Å². The van der Waals surface area contributed by atoms with Crippen LogP contribution in [0.4, 0.5) is 0 Å². The summed E-state index contributed by atoms with van der Waals surface area (Å²) in [5.74, 6) is 0. The van der Waals surface area contributed by atoms with Gasteiger partial charge in [0.1, 0.15) is 0 Å². The molecule has 13 heavy (non-hydrogen) atoms. The summed E-state index contributed by atoms with van der Waals surface area (Å²) in [5, 5.41) is 0. The Morgan fingerprint density at radius 1 is 1.31 bits per heavy atom. The highest BCUT2D eigenvalue weighted by atomic mass is 15.3. The van der Waals surface area contributed by atoms with E-state index < -0.39 is 0 Å². The lowest BCUT2D eigenvalue weighted by molar-refractivity contribution is 0.0451. The van der Waals surface area contributed by atoms with Crippen LogP contribution < -0.4 is 5.73 Å². The summed E-state index contributed by atoms with van der Waals surface area (Å²) in [6, 6.07) is 1.18. The number of nitrogens with zero attached hydrogens (tertiary/aromatic N) is 2. The maximum Gasteiger partial charge on any atom is 0.0350 e. The predicted molar refractivity (Wildman–Crippen MR) is 54.7 cm³/mol. The van der Waals surface area contributed by atoms with Crippen LogP contribution in [-0.2, 0) is 0 Å². The second-order valence-electron chi connectivity index (χ2n) is 4.59. The molecule has 0 aromatic rings. The van der Waals surface area contributed by atoms with Crippen LogP contribution in [0.2, 0.25) is 0 Å². The monoisotopic (exact) mass is 183 g/mol. The number of nitrogens with two attached hydrogens (primary N) is 1. The van der Waals surface area contributed by atoms with E-state index in [0.717, 1.165) is 12.6 Å². The molecule has 0 radical (unpaired) electrons. The lowest BCUT2D eigenvalue weighted by Gasteiger charge is -2.44. The minimum atomic E-state index is 0.333. The van der Waals surface area contributed by atoms with Crippen LogP contribution in [0.5, 0.6) is 0 Å². The van der Waals surface area contributed by atoms with E-state index in [0.29, 0.717) is 6.04 Å². The van der Waals surface area contributed by atoms with Crippen LogP contribution in [0.3, 0.4) is 0 Å². The Morgan fingerprint density at radius 3 is 2.46 bits per heavy atom. The second kappa shape index (κ2) is 3.95. The zero-order chi connectivity index (χ0) is 9.26. The van der Waals surface area contributed by atoms with E-state index in [2.05, 4.69) is 16.7 Å². The van der Waals surface area contributed by atoms with Crippen molar-refractivity contribution in [2.24, 2.45) is 5.73 Å². The molecule has 2 aliphatic rings. The molecule has 1 atom stereocenters. The van der Waals surface area contributed by atoms with Gasteiger partial charge in [-0.15, -0.1) is 0 Å². The first-order valence-electron chi connectivity index (χ1n) is 5.47. The number of hydrogen-bond acceptors (Lipinski definition) is 3. The smallest absolute Gasteiger partial charge is 0.0350 e. The molecular formula is C10H21N3. The van der Waals surface area contributed by atoms with Gasteiger partial charge in [0.05, 0.1) is 0 Å². The summed E-state index contributed by atoms with van der Waals surface area (Å²) in [6.07, 6.45) is 2.81. The lowest BCUT2D eigenvalue weighted by atomic mass is 10.1. The summed E-state index contributed by atoms with van der Waals surface area (Å²) in [5.41, 5.74) is 5.75. The fraction of sp³-hybridized carbons (Fsp3) is 1.00. The van der Waals surface area contributed by atoms with Crippen molar-refractivity contribution in [2.75, 3.05) is 32.7 Å². The van der Waals surface area contributed by atoms with E-state index in [9.17, 15) is 0 Å². The quantitative estimate of drug-likeness (QED) is 0.674. The van der Waals surface area contributed by atoms with Crippen LogP contribution >= 0.6 is 0 Å². The van der Waals surface area contributed by atoms with Crippen molar-refractivity contribution in [1.29, 1.82) is 0 Å². The Kier molecular flexibility index (Phi) is 2.86. The van der Waals surface area contributed by atoms with Gasteiger partial charge >= 0.3 is 0 Å². The third-order valence-electron chi connectivity index (χ3n) is 3.14. The van der Waals surface area contributed by atoms with E-state index in [1.165, 1.54) is 39.0 Å². The highest BCUT2D eigenvalue weighted by Gasteiger charge is 2.32. The van der Waals surface area contributed by atoms with Crippen LogP contribution in [0.25, 0.3) is 0 Å². The molecule has 0 saturated carbocycles. The average Bonchev–Trinajstić information content (AvgIpc) is 2.46. The third-order valence-corrected chi connectivity index (χ3v) is 3.14. The summed E-state index contributed by atoms with van der Waals surface area (Å²) >= 11 is 0. The van der Waals surface area contributed by atoms with E-state index in [1.807, 2.05) is 0 Å².